The third-order valence-corrected chi connectivity index (χ3v) is 5.26. The van der Waals surface area contributed by atoms with Gasteiger partial charge in [-0.3, -0.25) is 0 Å². The van der Waals surface area contributed by atoms with Crippen molar-refractivity contribution in [3.8, 4) is 10.6 Å². The largest absolute Gasteiger partial charge is 0.358 e. The lowest BCUT2D eigenvalue weighted by Gasteiger charge is -2.01. The number of halogens is 1. The van der Waals surface area contributed by atoms with Crippen LogP contribution < -0.4 is 0 Å². The standard InChI is InChI=1S/C18H15ClN2S/c1-10(2)15-8-11-7-13(19)12(9-16(11)20-15)18-21-14-5-3-4-6-17(14)22-18/h3-10,20H,1-2H3. The van der Waals surface area contributed by atoms with E-state index in [1.807, 2.05) is 24.3 Å². The number of fused-ring (bicyclic) bond motifs is 2. The second-order valence-electron chi connectivity index (χ2n) is 5.79. The van der Waals surface area contributed by atoms with E-state index in [1.165, 1.54) is 10.4 Å². The molecular weight excluding hydrogens is 312 g/mol. The Hall–Kier alpha value is -1.84. The summed E-state index contributed by atoms with van der Waals surface area (Å²) in [6.45, 7) is 4.36. The molecule has 2 aromatic carbocycles. The smallest absolute Gasteiger partial charge is 0.126 e. The van der Waals surface area contributed by atoms with E-state index in [-0.39, 0.29) is 0 Å². The Balaban J connectivity index is 1.91. The van der Waals surface area contributed by atoms with Crippen LogP contribution in [0, 0.1) is 0 Å². The van der Waals surface area contributed by atoms with E-state index in [9.17, 15) is 0 Å². The molecule has 0 spiro atoms. The van der Waals surface area contributed by atoms with E-state index in [2.05, 4.69) is 37.0 Å². The molecule has 0 radical (unpaired) electrons. The van der Waals surface area contributed by atoms with E-state index < -0.39 is 0 Å². The van der Waals surface area contributed by atoms with Crippen molar-refractivity contribution in [2.75, 3.05) is 0 Å². The molecule has 4 rings (SSSR count). The highest BCUT2D eigenvalue weighted by Crippen LogP contribution is 2.37. The monoisotopic (exact) mass is 326 g/mol. The summed E-state index contributed by atoms with van der Waals surface area (Å²) in [5, 5.41) is 2.87. The normalized spacial score (nSPS) is 11.8. The number of benzene rings is 2. The van der Waals surface area contributed by atoms with Gasteiger partial charge in [0.1, 0.15) is 5.01 Å². The lowest BCUT2D eigenvalue weighted by molar-refractivity contribution is 0.836. The first-order valence-electron chi connectivity index (χ1n) is 7.30. The molecule has 0 fully saturated rings. The zero-order valence-electron chi connectivity index (χ0n) is 12.4. The van der Waals surface area contributed by atoms with Crippen LogP contribution in [0.1, 0.15) is 25.5 Å². The first-order chi connectivity index (χ1) is 10.6. The van der Waals surface area contributed by atoms with Crippen molar-refractivity contribution in [2.45, 2.75) is 19.8 Å². The average molecular weight is 327 g/mol. The number of para-hydroxylation sites is 1. The SMILES string of the molecule is CC(C)c1cc2cc(Cl)c(-c3nc4ccccc4s3)cc2[nH]1. The summed E-state index contributed by atoms with van der Waals surface area (Å²) in [6, 6.07) is 14.5. The highest BCUT2D eigenvalue weighted by atomic mass is 35.5. The van der Waals surface area contributed by atoms with Crippen molar-refractivity contribution >= 4 is 44.1 Å². The van der Waals surface area contributed by atoms with Crippen LogP contribution in [0.3, 0.4) is 0 Å². The Morgan fingerprint density at radius 2 is 1.95 bits per heavy atom. The van der Waals surface area contributed by atoms with Gasteiger partial charge in [0.15, 0.2) is 0 Å². The van der Waals surface area contributed by atoms with Gasteiger partial charge in [0.25, 0.3) is 0 Å². The van der Waals surface area contributed by atoms with Gasteiger partial charge >= 0.3 is 0 Å². The second kappa shape index (κ2) is 5.11. The summed E-state index contributed by atoms with van der Waals surface area (Å²) in [5.41, 5.74) is 4.36. The average Bonchev–Trinajstić information content (AvgIpc) is 3.09. The molecule has 0 aliphatic heterocycles. The Morgan fingerprint density at radius 1 is 1.14 bits per heavy atom. The summed E-state index contributed by atoms with van der Waals surface area (Å²) in [7, 11) is 0. The summed E-state index contributed by atoms with van der Waals surface area (Å²) in [5.74, 6) is 0.470. The van der Waals surface area contributed by atoms with Gasteiger partial charge in [-0.15, -0.1) is 11.3 Å². The van der Waals surface area contributed by atoms with Crippen LogP contribution in [0.5, 0.6) is 0 Å². The molecule has 4 aromatic rings. The zero-order valence-corrected chi connectivity index (χ0v) is 13.9. The van der Waals surface area contributed by atoms with Gasteiger partial charge in [0.2, 0.25) is 0 Å². The van der Waals surface area contributed by atoms with Crippen molar-refractivity contribution < 1.29 is 0 Å². The highest BCUT2D eigenvalue weighted by molar-refractivity contribution is 7.21. The van der Waals surface area contributed by atoms with Gasteiger partial charge in [-0.1, -0.05) is 37.6 Å². The van der Waals surface area contributed by atoms with Crippen LogP contribution in [0.15, 0.2) is 42.5 Å². The van der Waals surface area contributed by atoms with E-state index in [1.54, 1.807) is 11.3 Å². The van der Waals surface area contributed by atoms with E-state index >= 15 is 0 Å². The van der Waals surface area contributed by atoms with Gasteiger partial charge in [-0.05, 0) is 36.2 Å². The van der Waals surface area contributed by atoms with E-state index in [0.29, 0.717) is 5.92 Å². The van der Waals surface area contributed by atoms with Crippen LogP contribution in [0.25, 0.3) is 31.7 Å². The molecule has 0 unspecified atom stereocenters. The maximum atomic E-state index is 6.51. The highest BCUT2D eigenvalue weighted by Gasteiger charge is 2.13. The molecule has 2 aromatic heterocycles. The Morgan fingerprint density at radius 3 is 2.73 bits per heavy atom. The summed E-state index contributed by atoms with van der Waals surface area (Å²) in [4.78, 5) is 8.20. The maximum absolute atomic E-state index is 6.51. The molecule has 22 heavy (non-hydrogen) atoms. The molecular formula is C18H15ClN2S. The van der Waals surface area contributed by atoms with E-state index in [0.717, 1.165) is 32.0 Å². The maximum Gasteiger partial charge on any atom is 0.126 e. The lowest BCUT2D eigenvalue weighted by atomic mass is 10.1. The first kappa shape index (κ1) is 13.8. The Kier molecular flexibility index (Phi) is 3.21. The quantitative estimate of drug-likeness (QED) is 0.465. The minimum Gasteiger partial charge on any atom is -0.358 e. The molecule has 0 saturated carbocycles. The van der Waals surface area contributed by atoms with Crippen molar-refractivity contribution in [2.24, 2.45) is 0 Å². The number of aromatic amines is 1. The number of rotatable bonds is 2. The molecule has 0 bridgehead atoms. The third-order valence-electron chi connectivity index (χ3n) is 3.88. The minimum atomic E-state index is 0.470. The number of nitrogens with zero attached hydrogens (tertiary/aromatic N) is 1. The molecule has 2 heterocycles. The summed E-state index contributed by atoms with van der Waals surface area (Å²) < 4.78 is 1.18. The second-order valence-corrected chi connectivity index (χ2v) is 7.22. The molecule has 0 aliphatic carbocycles. The topological polar surface area (TPSA) is 28.7 Å². The van der Waals surface area contributed by atoms with Gasteiger partial charge in [-0.2, -0.15) is 0 Å². The van der Waals surface area contributed by atoms with Crippen LogP contribution in [-0.2, 0) is 0 Å². The zero-order chi connectivity index (χ0) is 15.3. The number of H-pyrrole nitrogens is 1. The number of nitrogens with one attached hydrogen (secondary N) is 1. The molecule has 0 amide bonds. The number of thiazole rings is 1. The lowest BCUT2D eigenvalue weighted by Crippen LogP contribution is -1.84. The Labute approximate surface area is 137 Å². The van der Waals surface area contributed by atoms with Crippen molar-refractivity contribution in [1.82, 2.24) is 9.97 Å². The number of aromatic nitrogens is 2. The summed E-state index contributed by atoms with van der Waals surface area (Å²) >= 11 is 8.18. The van der Waals surface area contributed by atoms with Gasteiger partial charge < -0.3 is 4.98 Å². The molecule has 1 N–H and O–H groups in total. The van der Waals surface area contributed by atoms with Gasteiger partial charge in [0, 0.05) is 22.2 Å². The minimum absolute atomic E-state index is 0.470. The molecule has 0 saturated heterocycles. The van der Waals surface area contributed by atoms with Crippen molar-refractivity contribution in [3.05, 3.63) is 53.2 Å². The van der Waals surface area contributed by atoms with Crippen molar-refractivity contribution in [3.63, 3.8) is 0 Å². The molecule has 110 valence electrons. The number of hydrogen-bond donors (Lipinski definition) is 1. The van der Waals surface area contributed by atoms with Gasteiger partial charge in [0.05, 0.1) is 15.2 Å². The fourth-order valence-electron chi connectivity index (χ4n) is 2.64. The molecule has 2 nitrogen and oxygen atoms in total. The van der Waals surface area contributed by atoms with Gasteiger partial charge in [-0.25, -0.2) is 4.98 Å². The molecule has 4 heteroatoms. The molecule has 0 aliphatic rings. The van der Waals surface area contributed by atoms with E-state index in [4.69, 9.17) is 16.6 Å². The van der Waals surface area contributed by atoms with Crippen LogP contribution in [-0.4, -0.2) is 9.97 Å². The van der Waals surface area contributed by atoms with Crippen LogP contribution in [0.4, 0.5) is 0 Å². The third kappa shape index (κ3) is 2.21. The number of hydrogen-bond acceptors (Lipinski definition) is 2. The first-order valence-corrected chi connectivity index (χ1v) is 8.49. The van der Waals surface area contributed by atoms with Crippen LogP contribution in [0.2, 0.25) is 5.02 Å². The molecule has 0 atom stereocenters. The summed E-state index contributed by atoms with van der Waals surface area (Å²) in [6.07, 6.45) is 0. The van der Waals surface area contributed by atoms with Crippen LogP contribution >= 0.6 is 22.9 Å². The predicted octanol–water partition coefficient (Wildman–Crippen LogP) is 6.22. The predicted molar refractivity (Wildman–Crippen MR) is 96.0 cm³/mol. The van der Waals surface area contributed by atoms with Crippen molar-refractivity contribution in [1.29, 1.82) is 0 Å². The fraction of sp³-hybridized carbons (Fsp3) is 0.167. The Bertz CT molecular complexity index is 948. The fourth-order valence-corrected chi connectivity index (χ4v) is 3.95.